The summed E-state index contributed by atoms with van der Waals surface area (Å²) >= 11 is 0. The Morgan fingerprint density at radius 2 is 1.67 bits per heavy atom. The van der Waals surface area contributed by atoms with Crippen molar-refractivity contribution in [3.05, 3.63) is 83.5 Å². The van der Waals surface area contributed by atoms with Gasteiger partial charge in [0.2, 0.25) is 11.8 Å². The van der Waals surface area contributed by atoms with Crippen LogP contribution in [0.15, 0.2) is 72.4 Å². The second-order valence-electron chi connectivity index (χ2n) is 16.6. The van der Waals surface area contributed by atoms with E-state index >= 15 is 0 Å². The maximum absolute atomic E-state index is 14.4. The molecule has 0 aromatic heterocycles. The van der Waals surface area contributed by atoms with Crippen LogP contribution in [0.2, 0.25) is 0 Å². The summed E-state index contributed by atoms with van der Waals surface area (Å²) in [7, 11) is 0. The number of hydrazine groups is 1. The van der Waals surface area contributed by atoms with Gasteiger partial charge in [-0.05, 0) is 82.3 Å². The molecular formula is C46H65N5O9. The van der Waals surface area contributed by atoms with Crippen molar-refractivity contribution in [2.45, 2.75) is 130 Å². The summed E-state index contributed by atoms with van der Waals surface area (Å²) in [5, 5.41) is 19.9. The first-order valence-electron chi connectivity index (χ1n) is 21.4. The number of hydroxylamine groups is 2. The van der Waals surface area contributed by atoms with Gasteiger partial charge in [-0.25, -0.2) is 10.5 Å². The van der Waals surface area contributed by atoms with Gasteiger partial charge in [0, 0.05) is 38.4 Å². The number of hydrogen-bond acceptors (Lipinski definition) is 10. The minimum atomic E-state index is -1.13. The summed E-state index contributed by atoms with van der Waals surface area (Å²) in [6.45, 7) is 11.9. The number of rotatable bonds is 9. The van der Waals surface area contributed by atoms with E-state index in [4.69, 9.17) is 9.57 Å². The second kappa shape index (κ2) is 23.8. The number of cyclic esters (lactones) is 1. The number of Topliss-reactive ketones (excluding diaryl/α,β-unsaturated/α-hetero) is 1. The molecule has 328 valence electrons. The highest BCUT2D eigenvalue weighted by Gasteiger charge is 2.38. The molecule has 0 aliphatic carbocycles. The molecule has 0 radical (unpaired) electrons. The van der Waals surface area contributed by atoms with Crippen LogP contribution in [0, 0.1) is 24.7 Å². The third kappa shape index (κ3) is 14.7. The third-order valence-corrected chi connectivity index (χ3v) is 11.2. The Labute approximate surface area is 354 Å². The molecule has 3 aliphatic heterocycles. The van der Waals surface area contributed by atoms with Crippen molar-refractivity contribution < 1.29 is 43.4 Å². The summed E-state index contributed by atoms with van der Waals surface area (Å²) in [5.74, 6) is -4.30. The number of allylic oxidation sites excluding steroid dienone is 5. The summed E-state index contributed by atoms with van der Waals surface area (Å²) in [5.41, 5.74) is 5.58. The molecule has 14 nitrogen and oxygen atoms in total. The number of amides is 4. The highest BCUT2D eigenvalue weighted by molar-refractivity contribution is 5.93. The van der Waals surface area contributed by atoms with Crippen LogP contribution < -0.4 is 16.1 Å². The highest BCUT2D eigenvalue weighted by atomic mass is 16.7. The van der Waals surface area contributed by atoms with Crippen molar-refractivity contribution in [1.82, 2.24) is 26.1 Å². The molecule has 4 rings (SSSR count). The van der Waals surface area contributed by atoms with Gasteiger partial charge in [-0.2, -0.15) is 0 Å². The zero-order valence-electron chi connectivity index (χ0n) is 36.1. The molecule has 0 spiro atoms. The molecule has 3 heterocycles. The molecule has 4 N–H and O–H groups in total. The maximum atomic E-state index is 14.4. The summed E-state index contributed by atoms with van der Waals surface area (Å²) in [6.07, 6.45) is 14.0. The van der Waals surface area contributed by atoms with Gasteiger partial charge in [0.1, 0.15) is 30.0 Å². The van der Waals surface area contributed by atoms with Gasteiger partial charge >= 0.3 is 5.97 Å². The minimum Gasteiger partial charge on any atom is -0.456 e. The smallest absolute Gasteiger partial charge is 0.325 e. The fourth-order valence-electron chi connectivity index (χ4n) is 7.32. The standard InChI is InChI=1S/C46H65N5O9/c1-30(2)41-44(56)47-38(29-35-23-20-31(3)21-24-35)45(57)50-26-14-17-37(49-50)46(58)60-39(32(4)16-13-19-40(53)51-27-11-12-28-59-51)18-10-8-7-9-15-33(5)42(54)36(43(55)48-41)25-22-34(6)52/h7-10,13,16,19-21,23-24,30,33,36-39,41-42,49,54H,11-12,14-15,17-18,22,25-29H2,1-6H3,(H,47,56)(H,48,55)/b9-7+,10-8+,19-13+,32-16+/t33?,36?,37?,38?,39-,41?,42?/m0/s1. The predicted octanol–water partition coefficient (Wildman–Crippen LogP) is 4.52. The molecule has 1 aromatic carbocycles. The van der Waals surface area contributed by atoms with Gasteiger partial charge in [0.05, 0.1) is 18.6 Å². The lowest BCUT2D eigenvalue weighted by atomic mass is 9.85. The number of aliphatic hydroxyl groups excluding tert-OH is 1. The van der Waals surface area contributed by atoms with E-state index in [1.165, 1.54) is 23.1 Å². The SMILES string of the molecule is CC(=O)CCC1C(=O)NC(C(C)C)C(=O)NC(Cc2ccc(C)cc2)C(=O)N2CCCC(N2)C(=O)O[C@H](/C(C)=C/C=C/C(=O)N2CCCCO2)C/C=C/C=C/CC(C)C1O. The number of nitrogens with one attached hydrogen (secondary N) is 3. The predicted molar refractivity (Wildman–Crippen MR) is 227 cm³/mol. The number of esters is 1. The average molecular weight is 832 g/mol. The Morgan fingerprint density at radius 1 is 0.950 bits per heavy atom. The monoisotopic (exact) mass is 831 g/mol. The normalized spacial score (nSPS) is 28.3. The number of carbonyl (C=O) groups excluding carboxylic acids is 6. The van der Waals surface area contributed by atoms with E-state index in [0.717, 1.165) is 24.0 Å². The van der Waals surface area contributed by atoms with Crippen LogP contribution in [0.25, 0.3) is 0 Å². The quantitative estimate of drug-likeness (QED) is 0.157. The molecule has 0 saturated carbocycles. The van der Waals surface area contributed by atoms with Crippen LogP contribution in [-0.2, 0) is 44.8 Å². The van der Waals surface area contributed by atoms with Crippen molar-refractivity contribution in [1.29, 1.82) is 0 Å². The van der Waals surface area contributed by atoms with Gasteiger partial charge in [-0.15, -0.1) is 0 Å². The lowest BCUT2D eigenvalue weighted by Gasteiger charge is -2.36. The number of ether oxygens (including phenoxy) is 1. The second-order valence-corrected chi connectivity index (χ2v) is 16.6. The Balaban J connectivity index is 1.67. The Hall–Kier alpha value is -4.92. The zero-order valence-corrected chi connectivity index (χ0v) is 36.1. The van der Waals surface area contributed by atoms with Gasteiger partial charge in [-0.1, -0.05) is 87.1 Å². The molecule has 6 unspecified atom stereocenters. The van der Waals surface area contributed by atoms with E-state index in [1.807, 2.05) is 69.3 Å². The van der Waals surface area contributed by atoms with E-state index in [1.54, 1.807) is 26.0 Å². The van der Waals surface area contributed by atoms with E-state index in [0.29, 0.717) is 44.4 Å². The largest absolute Gasteiger partial charge is 0.456 e. The molecule has 7 atom stereocenters. The van der Waals surface area contributed by atoms with Crippen molar-refractivity contribution in [3.8, 4) is 0 Å². The molecule has 2 saturated heterocycles. The van der Waals surface area contributed by atoms with Crippen LogP contribution >= 0.6 is 0 Å². The lowest BCUT2D eigenvalue weighted by Crippen LogP contribution is -2.62. The van der Waals surface area contributed by atoms with Crippen molar-refractivity contribution >= 4 is 35.4 Å². The molecule has 60 heavy (non-hydrogen) atoms. The number of fused-ring (bicyclic) bond motifs is 2. The van der Waals surface area contributed by atoms with Gasteiger partial charge in [0.15, 0.2) is 0 Å². The van der Waals surface area contributed by atoms with Gasteiger partial charge in [-0.3, -0.25) is 33.8 Å². The molecule has 2 fully saturated rings. The first-order valence-corrected chi connectivity index (χ1v) is 21.4. The summed E-state index contributed by atoms with van der Waals surface area (Å²) in [6, 6.07) is 4.62. The van der Waals surface area contributed by atoms with Crippen molar-refractivity contribution in [2.24, 2.45) is 17.8 Å². The van der Waals surface area contributed by atoms with E-state index in [2.05, 4.69) is 16.1 Å². The average Bonchev–Trinajstić information content (AvgIpc) is 3.23. The Morgan fingerprint density at radius 3 is 2.33 bits per heavy atom. The van der Waals surface area contributed by atoms with Gasteiger partial charge in [0.25, 0.3) is 11.8 Å². The van der Waals surface area contributed by atoms with E-state index in [-0.39, 0.29) is 43.4 Å². The van der Waals surface area contributed by atoms with Crippen LogP contribution in [0.1, 0.15) is 97.1 Å². The van der Waals surface area contributed by atoms with Crippen molar-refractivity contribution in [2.75, 3.05) is 19.7 Å². The third-order valence-electron chi connectivity index (χ3n) is 11.2. The number of aliphatic hydroxyl groups is 1. The molecular weight excluding hydrogens is 767 g/mol. The summed E-state index contributed by atoms with van der Waals surface area (Å²) < 4.78 is 6.10. The molecule has 1 aromatic rings. The summed E-state index contributed by atoms with van der Waals surface area (Å²) in [4.78, 5) is 86.4. The molecule has 4 amide bonds. The topological polar surface area (TPSA) is 184 Å². The molecule has 2 bridgehead atoms. The first-order chi connectivity index (χ1) is 28.6. The van der Waals surface area contributed by atoms with E-state index in [9.17, 15) is 33.9 Å². The number of carbonyl (C=O) groups is 6. The number of nitrogens with zero attached hydrogens (tertiary/aromatic N) is 2. The van der Waals surface area contributed by atoms with Gasteiger partial charge < -0.3 is 25.3 Å². The highest BCUT2D eigenvalue weighted by Crippen LogP contribution is 2.24. The Bertz CT molecular complexity index is 1760. The minimum absolute atomic E-state index is 0.0779. The van der Waals surface area contributed by atoms with Crippen LogP contribution in [0.3, 0.4) is 0 Å². The fourth-order valence-corrected chi connectivity index (χ4v) is 7.32. The van der Waals surface area contributed by atoms with Crippen LogP contribution in [-0.4, -0.2) is 101 Å². The lowest BCUT2D eigenvalue weighted by molar-refractivity contribution is -0.191. The number of ketones is 1. The Kier molecular flexibility index (Phi) is 18.9. The fraction of sp³-hybridized carbons (Fsp3) is 0.565. The number of aryl methyl sites for hydroxylation is 1. The van der Waals surface area contributed by atoms with E-state index < -0.39 is 65.9 Å². The molecule has 14 heteroatoms. The van der Waals surface area contributed by atoms with Crippen LogP contribution in [0.4, 0.5) is 0 Å². The van der Waals surface area contributed by atoms with Crippen LogP contribution in [0.5, 0.6) is 0 Å². The number of benzene rings is 1. The zero-order chi connectivity index (χ0) is 43.8. The number of hydrogen-bond donors (Lipinski definition) is 4. The first kappa shape index (κ1) is 47.8. The molecule has 3 aliphatic rings. The maximum Gasteiger partial charge on any atom is 0.325 e. The van der Waals surface area contributed by atoms with Crippen molar-refractivity contribution in [3.63, 3.8) is 0 Å².